The van der Waals surface area contributed by atoms with Gasteiger partial charge in [-0.05, 0) is 43.7 Å². The highest BCUT2D eigenvalue weighted by Crippen LogP contribution is 2.35. The molecule has 0 aliphatic carbocycles. The van der Waals surface area contributed by atoms with Gasteiger partial charge in [0.15, 0.2) is 29.1 Å². The number of allylic oxidation sites excluding steroid dienone is 1. The van der Waals surface area contributed by atoms with Gasteiger partial charge in [-0.3, -0.25) is 4.79 Å². The molecular formula is C23H28O6. The first-order valence-corrected chi connectivity index (χ1v) is 9.30. The van der Waals surface area contributed by atoms with Crippen molar-refractivity contribution in [3.05, 3.63) is 53.6 Å². The van der Waals surface area contributed by atoms with E-state index in [9.17, 15) is 4.79 Å². The summed E-state index contributed by atoms with van der Waals surface area (Å²) in [6.45, 7) is 5.16. The molecule has 0 heterocycles. The Morgan fingerprint density at radius 1 is 0.897 bits per heavy atom. The van der Waals surface area contributed by atoms with Gasteiger partial charge >= 0.3 is 5.97 Å². The van der Waals surface area contributed by atoms with Crippen LogP contribution in [0.25, 0.3) is 6.08 Å². The normalized spacial score (nSPS) is 12.9. The number of rotatable bonds is 9. The monoisotopic (exact) mass is 400 g/mol. The van der Waals surface area contributed by atoms with Crippen LogP contribution in [0.3, 0.4) is 0 Å². The lowest BCUT2D eigenvalue weighted by atomic mass is 10.0. The summed E-state index contributed by atoms with van der Waals surface area (Å²) in [6, 6.07) is 11.0. The minimum Gasteiger partial charge on any atom is -0.493 e. The summed E-state index contributed by atoms with van der Waals surface area (Å²) in [5.41, 5.74) is 1.73. The van der Waals surface area contributed by atoms with Crippen LogP contribution < -0.4 is 18.9 Å². The number of hydrogen-bond donors (Lipinski definition) is 0. The molecule has 6 nitrogen and oxygen atoms in total. The molecule has 0 aliphatic heterocycles. The standard InChI is InChI=1S/C23H28O6/c1-7-8-17-9-11-20(21(13-17)26-5)28-15(2)23(29-16(3)24)18-10-12-19(25-4)22(14-18)27-6/h7-15,23H,1-6H3/t15-,23+/m1/s1. The zero-order valence-electron chi connectivity index (χ0n) is 17.7. The summed E-state index contributed by atoms with van der Waals surface area (Å²) >= 11 is 0. The van der Waals surface area contributed by atoms with Crippen LogP contribution in [0.15, 0.2) is 42.5 Å². The predicted octanol–water partition coefficient (Wildman–Crippen LogP) is 4.82. The lowest BCUT2D eigenvalue weighted by molar-refractivity contribution is -0.151. The van der Waals surface area contributed by atoms with Crippen molar-refractivity contribution in [2.45, 2.75) is 33.0 Å². The Kier molecular flexibility index (Phi) is 7.95. The third-order valence-electron chi connectivity index (χ3n) is 4.32. The molecule has 2 aromatic carbocycles. The first kappa shape index (κ1) is 22.1. The zero-order chi connectivity index (χ0) is 21.4. The molecule has 6 heteroatoms. The van der Waals surface area contributed by atoms with Gasteiger partial charge in [-0.25, -0.2) is 0 Å². The van der Waals surface area contributed by atoms with Crippen molar-refractivity contribution in [1.82, 2.24) is 0 Å². The Labute approximate surface area is 172 Å². The second-order valence-corrected chi connectivity index (χ2v) is 6.38. The van der Waals surface area contributed by atoms with Crippen LogP contribution in [0.2, 0.25) is 0 Å². The van der Waals surface area contributed by atoms with Gasteiger partial charge in [0.25, 0.3) is 0 Å². The molecule has 0 aromatic heterocycles. The van der Waals surface area contributed by atoms with E-state index in [-0.39, 0.29) is 0 Å². The Morgan fingerprint density at radius 2 is 1.52 bits per heavy atom. The third-order valence-corrected chi connectivity index (χ3v) is 4.32. The number of carbonyl (C=O) groups is 1. The topological polar surface area (TPSA) is 63.2 Å². The Morgan fingerprint density at radius 3 is 2.10 bits per heavy atom. The van der Waals surface area contributed by atoms with Crippen LogP contribution in [-0.4, -0.2) is 33.4 Å². The lowest BCUT2D eigenvalue weighted by Crippen LogP contribution is -2.26. The molecule has 0 spiro atoms. The summed E-state index contributed by atoms with van der Waals surface area (Å²) in [6.07, 6.45) is 2.79. The Hall–Kier alpha value is -3.15. The molecular weight excluding hydrogens is 372 g/mol. The molecule has 156 valence electrons. The smallest absolute Gasteiger partial charge is 0.303 e. The highest BCUT2D eigenvalue weighted by molar-refractivity contribution is 5.66. The van der Waals surface area contributed by atoms with Gasteiger partial charge in [-0.15, -0.1) is 0 Å². The molecule has 0 fully saturated rings. The van der Waals surface area contributed by atoms with Crippen molar-refractivity contribution in [3.63, 3.8) is 0 Å². The number of esters is 1. The fourth-order valence-electron chi connectivity index (χ4n) is 2.98. The molecule has 0 N–H and O–H groups in total. The van der Waals surface area contributed by atoms with Gasteiger partial charge in [-0.1, -0.05) is 24.3 Å². The summed E-state index contributed by atoms with van der Waals surface area (Å²) in [5.74, 6) is 1.89. The SMILES string of the molecule is CC=Cc1ccc(O[C@H](C)[C@H](OC(C)=O)c2ccc(OC)c(OC)c2)c(OC)c1. The van der Waals surface area contributed by atoms with E-state index in [4.69, 9.17) is 23.7 Å². The minimum absolute atomic E-state index is 0.407. The van der Waals surface area contributed by atoms with Crippen LogP contribution in [-0.2, 0) is 9.53 Å². The van der Waals surface area contributed by atoms with E-state index >= 15 is 0 Å². The number of methoxy groups -OCH3 is 3. The Bertz CT molecular complexity index is 858. The van der Waals surface area contributed by atoms with Gasteiger partial charge in [0.1, 0.15) is 6.10 Å². The molecule has 0 radical (unpaired) electrons. The average Bonchev–Trinajstić information content (AvgIpc) is 2.72. The van der Waals surface area contributed by atoms with E-state index in [2.05, 4.69) is 0 Å². The summed E-state index contributed by atoms with van der Waals surface area (Å²) in [4.78, 5) is 11.7. The van der Waals surface area contributed by atoms with Crippen LogP contribution in [0.1, 0.15) is 38.0 Å². The third kappa shape index (κ3) is 5.67. The fraction of sp³-hybridized carbons (Fsp3) is 0.348. The quantitative estimate of drug-likeness (QED) is 0.563. The summed E-state index contributed by atoms with van der Waals surface area (Å²) in [5, 5.41) is 0. The number of carbonyl (C=O) groups excluding carboxylic acids is 1. The molecule has 2 rings (SSSR count). The van der Waals surface area contributed by atoms with Gasteiger partial charge in [-0.2, -0.15) is 0 Å². The van der Waals surface area contributed by atoms with Crippen molar-refractivity contribution in [2.75, 3.05) is 21.3 Å². The highest BCUT2D eigenvalue weighted by atomic mass is 16.6. The highest BCUT2D eigenvalue weighted by Gasteiger charge is 2.26. The van der Waals surface area contributed by atoms with Gasteiger partial charge in [0, 0.05) is 12.5 Å². The molecule has 0 aliphatic rings. The number of ether oxygens (including phenoxy) is 5. The summed E-state index contributed by atoms with van der Waals surface area (Å²) in [7, 11) is 4.71. The van der Waals surface area contributed by atoms with E-state index in [1.807, 2.05) is 50.3 Å². The van der Waals surface area contributed by atoms with Crippen molar-refractivity contribution >= 4 is 12.0 Å². The second kappa shape index (κ2) is 10.4. The number of hydrogen-bond acceptors (Lipinski definition) is 6. The van der Waals surface area contributed by atoms with Crippen LogP contribution in [0.5, 0.6) is 23.0 Å². The second-order valence-electron chi connectivity index (χ2n) is 6.38. The van der Waals surface area contributed by atoms with E-state index in [1.165, 1.54) is 6.92 Å². The summed E-state index contributed by atoms with van der Waals surface area (Å²) < 4.78 is 27.8. The minimum atomic E-state index is -0.646. The molecule has 2 aromatic rings. The predicted molar refractivity (Wildman–Crippen MR) is 112 cm³/mol. The maximum atomic E-state index is 11.7. The van der Waals surface area contributed by atoms with Crippen LogP contribution >= 0.6 is 0 Å². The molecule has 29 heavy (non-hydrogen) atoms. The molecule has 0 bridgehead atoms. The average molecular weight is 400 g/mol. The lowest BCUT2D eigenvalue weighted by Gasteiger charge is -2.26. The van der Waals surface area contributed by atoms with Gasteiger partial charge < -0.3 is 23.7 Å². The van der Waals surface area contributed by atoms with Crippen molar-refractivity contribution in [3.8, 4) is 23.0 Å². The van der Waals surface area contributed by atoms with E-state index in [0.717, 1.165) is 11.1 Å². The van der Waals surface area contributed by atoms with Gasteiger partial charge in [0.2, 0.25) is 0 Å². The first-order valence-electron chi connectivity index (χ1n) is 9.30. The maximum Gasteiger partial charge on any atom is 0.303 e. The molecule has 2 atom stereocenters. The van der Waals surface area contributed by atoms with E-state index in [0.29, 0.717) is 23.0 Å². The maximum absolute atomic E-state index is 11.7. The largest absolute Gasteiger partial charge is 0.493 e. The van der Waals surface area contributed by atoms with Crippen molar-refractivity contribution in [1.29, 1.82) is 0 Å². The number of benzene rings is 2. The fourth-order valence-corrected chi connectivity index (χ4v) is 2.98. The van der Waals surface area contributed by atoms with E-state index < -0.39 is 18.2 Å². The molecule has 0 saturated carbocycles. The van der Waals surface area contributed by atoms with Crippen LogP contribution in [0.4, 0.5) is 0 Å². The first-order chi connectivity index (χ1) is 13.9. The molecule has 0 saturated heterocycles. The van der Waals surface area contributed by atoms with Gasteiger partial charge in [0.05, 0.1) is 21.3 Å². The van der Waals surface area contributed by atoms with Crippen molar-refractivity contribution < 1.29 is 28.5 Å². The molecule has 0 amide bonds. The molecule has 0 unspecified atom stereocenters. The van der Waals surface area contributed by atoms with Crippen LogP contribution in [0, 0.1) is 0 Å². The van der Waals surface area contributed by atoms with E-state index in [1.54, 1.807) is 33.5 Å². The van der Waals surface area contributed by atoms with Crippen molar-refractivity contribution in [2.24, 2.45) is 0 Å². The zero-order valence-corrected chi connectivity index (χ0v) is 17.7. The Balaban J connectivity index is 2.35.